The Kier molecular flexibility index (Phi) is 9.29. The Bertz CT molecular complexity index is 891. The highest BCUT2D eigenvalue weighted by molar-refractivity contribution is 7.96. The summed E-state index contributed by atoms with van der Waals surface area (Å²) in [6, 6.07) is 3.77. The molecule has 1 heterocycles. The highest BCUT2D eigenvalue weighted by Gasteiger charge is 2.41. The topological polar surface area (TPSA) is 111 Å². The third kappa shape index (κ3) is 6.68. The highest BCUT2D eigenvalue weighted by atomic mass is 35.5. The van der Waals surface area contributed by atoms with E-state index in [9.17, 15) is 19.2 Å². The molecular formula is C21H23ClN2O6S. The number of benzene rings is 1. The SMILES string of the molecule is C=CCOC(=O)c1cc(NC(=O)C2CC(C(C(=O)S)C(=O)OCC=C)CN2)ccc1Cl. The molecule has 0 radical (unpaired) electrons. The van der Waals surface area contributed by atoms with Gasteiger partial charge in [-0.05, 0) is 30.5 Å². The molecule has 1 aromatic carbocycles. The lowest BCUT2D eigenvalue weighted by Gasteiger charge is -2.18. The average Bonchev–Trinajstić information content (AvgIpc) is 3.21. The van der Waals surface area contributed by atoms with E-state index in [0.717, 1.165) is 0 Å². The molecule has 0 aromatic heterocycles. The minimum absolute atomic E-state index is 0.0193. The summed E-state index contributed by atoms with van der Waals surface area (Å²) in [4.78, 5) is 48.8. The van der Waals surface area contributed by atoms with E-state index in [1.54, 1.807) is 6.07 Å². The van der Waals surface area contributed by atoms with Crippen LogP contribution in [0.15, 0.2) is 43.5 Å². The minimum atomic E-state index is -1.09. The largest absolute Gasteiger partial charge is 0.461 e. The molecule has 0 spiro atoms. The van der Waals surface area contributed by atoms with Crippen molar-refractivity contribution >= 4 is 52.9 Å². The zero-order valence-corrected chi connectivity index (χ0v) is 18.3. The molecule has 3 unspecified atom stereocenters. The smallest absolute Gasteiger partial charge is 0.340 e. The number of carbonyl (C=O) groups excluding carboxylic acids is 4. The maximum atomic E-state index is 12.7. The van der Waals surface area contributed by atoms with E-state index >= 15 is 0 Å². The number of thiol groups is 1. The van der Waals surface area contributed by atoms with Gasteiger partial charge in [0, 0.05) is 12.2 Å². The summed E-state index contributed by atoms with van der Waals surface area (Å²) in [5, 5.41) is 5.24. The van der Waals surface area contributed by atoms with Crippen LogP contribution in [0.25, 0.3) is 0 Å². The molecule has 1 fully saturated rings. The molecule has 8 nitrogen and oxygen atoms in total. The number of halogens is 1. The van der Waals surface area contributed by atoms with Crippen molar-refractivity contribution in [3.8, 4) is 0 Å². The average molecular weight is 467 g/mol. The standard InChI is InChI=1S/C21H23ClN2O6S/c1-3-7-29-19(26)14-10-13(5-6-15(14)22)24-18(25)16-9-12(11-23-16)17(21(28)31)20(27)30-8-4-2/h3-6,10,12,16-17,23H,1-2,7-9,11H2,(H,24,25)(H,28,31). The Morgan fingerprint density at radius 2 is 1.90 bits per heavy atom. The van der Waals surface area contributed by atoms with E-state index in [-0.39, 0.29) is 42.7 Å². The third-order valence-electron chi connectivity index (χ3n) is 4.60. The van der Waals surface area contributed by atoms with E-state index in [2.05, 4.69) is 36.4 Å². The monoisotopic (exact) mass is 466 g/mol. The van der Waals surface area contributed by atoms with Gasteiger partial charge < -0.3 is 20.1 Å². The second kappa shape index (κ2) is 11.7. The van der Waals surface area contributed by atoms with Crippen LogP contribution in [-0.4, -0.2) is 48.8 Å². The van der Waals surface area contributed by atoms with Crippen LogP contribution in [0.2, 0.25) is 5.02 Å². The van der Waals surface area contributed by atoms with Crippen LogP contribution < -0.4 is 10.6 Å². The van der Waals surface area contributed by atoms with E-state index in [4.69, 9.17) is 21.1 Å². The number of hydrogen-bond acceptors (Lipinski definition) is 7. The molecule has 166 valence electrons. The van der Waals surface area contributed by atoms with E-state index in [0.29, 0.717) is 5.69 Å². The molecular weight excluding hydrogens is 444 g/mol. The molecule has 1 saturated heterocycles. The molecule has 0 aliphatic carbocycles. The first-order valence-electron chi connectivity index (χ1n) is 9.40. The number of carbonyl (C=O) groups is 4. The van der Waals surface area contributed by atoms with Gasteiger partial charge in [-0.25, -0.2) is 4.79 Å². The fourth-order valence-corrected chi connectivity index (χ4v) is 3.65. The predicted molar refractivity (Wildman–Crippen MR) is 119 cm³/mol. The summed E-state index contributed by atoms with van der Waals surface area (Å²) >= 11 is 9.84. The van der Waals surface area contributed by atoms with Gasteiger partial charge in [-0.1, -0.05) is 36.9 Å². The van der Waals surface area contributed by atoms with Crippen molar-refractivity contribution in [3.63, 3.8) is 0 Å². The second-order valence-corrected chi connectivity index (χ2v) is 7.61. The van der Waals surface area contributed by atoms with Crippen LogP contribution >= 0.6 is 24.2 Å². The zero-order valence-electron chi connectivity index (χ0n) is 16.6. The summed E-state index contributed by atoms with van der Waals surface area (Å²) in [6.07, 6.45) is 3.05. The molecule has 2 rings (SSSR count). The molecule has 3 atom stereocenters. The Balaban J connectivity index is 2.04. The molecule has 2 N–H and O–H groups in total. The first-order chi connectivity index (χ1) is 14.8. The zero-order chi connectivity index (χ0) is 23.0. The lowest BCUT2D eigenvalue weighted by Crippen LogP contribution is -2.35. The van der Waals surface area contributed by atoms with Gasteiger partial charge in [0.2, 0.25) is 5.91 Å². The van der Waals surface area contributed by atoms with Gasteiger partial charge in [-0.2, -0.15) is 0 Å². The van der Waals surface area contributed by atoms with Crippen molar-refractivity contribution in [2.45, 2.75) is 12.5 Å². The number of anilines is 1. The van der Waals surface area contributed by atoms with Crippen molar-refractivity contribution in [3.05, 3.63) is 54.1 Å². The summed E-state index contributed by atoms with van der Waals surface area (Å²) < 4.78 is 9.95. The van der Waals surface area contributed by atoms with Crippen LogP contribution in [0.1, 0.15) is 16.8 Å². The number of hydrogen-bond donors (Lipinski definition) is 3. The number of amides is 1. The fraction of sp³-hybridized carbons (Fsp3) is 0.333. The lowest BCUT2D eigenvalue weighted by molar-refractivity contribution is -0.151. The molecule has 1 aliphatic heterocycles. The summed E-state index contributed by atoms with van der Waals surface area (Å²) in [5.41, 5.74) is 0.446. The summed E-state index contributed by atoms with van der Waals surface area (Å²) in [5.74, 6) is -3.27. The number of rotatable bonds is 10. The Hall–Kier alpha value is -2.62. The van der Waals surface area contributed by atoms with Gasteiger partial charge in [-0.3, -0.25) is 14.4 Å². The number of nitrogens with one attached hydrogen (secondary N) is 2. The molecule has 0 bridgehead atoms. The predicted octanol–water partition coefficient (Wildman–Crippen LogP) is 2.40. The van der Waals surface area contributed by atoms with E-state index in [1.165, 1.54) is 24.3 Å². The Morgan fingerprint density at radius 3 is 2.55 bits per heavy atom. The molecule has 0 saturated carbocycles. The summed E-state index contributed by atoms with van der Waals surface area (Å²) in [7, 11) is 0. The molecule has 1 aromatic rings. The maximum absolute atomic E-state index is 12.7. The molecule has 1 aliphatic rings. The van der Waals surface area contributed by atoms with Crippen molar-refractivity contribution in [1.82, 2.24) is 5.32 Å². The minimum Gasteiger partial charge on any atom is -0.461 e. The van der Waals surface area contributed by atoms with Crippen LogP contribution in [0.3, 0.4) is 0 Å². The van der Waals surface area contributed by atoms with Gasteiger partial charge >= 0.3 is 11.9 Å². The van der Waals surface area contributed by atoms with Crippen LogP contribution in [0, 0.1) is 11.8 Å². The van der Waals surface area contributed by atoms with Crippen LogP contribution in [0.4, 0.5) is 5.69 Å². The van der Waals surface area contributed by atoms with Crippen molar-refractivity contribution in [2.75, 3.05) is 25.1 Å². The van der Waals surface area contributed by atoms with Crippen LogP contribution in [-0.2, 0) is 23.9 Å². The maximum Gasteiger partial charge on any atom is 0.340 e. The lowest BCUT2D eigenvalue weighted by atomic mass is 9.90. The van der Waals surface area contributed by atoms with Gasteiger partial charge in [0.05, 0.1) is 16.6 Å². The number of esters is 2. The van der Waals surface area contributed by atoms with Gasteiger partial charge in [-0.15, -0.1) is 12.6 Å². The Morgan fingerprint density at radius 1 is 1.23 bits per heavy atom. The van der Waals surface area contributed by atoms with Crippen molar-refractivity contribution < 1.29 is 28.7 Å². The van der Waals surface area contributed by atoms with Crippen LogP contribution in [0.5, 0.6) is 0 Å². The summed E-state index contributed by atoms with van der Waals surface area (Å²) in [6.45, 7) is 7.20. The van der Waals surface area contributed by atoms with Gasteiger partial charge in [0.15, 0.2) is 5.12 Å². The first-order valence-corrected chi connectivity index (χ1v) is 10.2. The molecule has 1 amide bonds. The van der Waals surface area contributed by atoms with Gasteiger partial charge in [0.1, 0.15) is 19.1 Å². The highest BCUT2D eigenvalue weighted by Crippen LogP contribution is 2.27. The first kappa shape index (κ1) is 24.6. The van der Waals surface area contributed by atoms with Crippen molar-refractivity contribution in [1.29, 1.82) is 0 Å². The second-order valence-electron chi connectivity index (χ2n) is 6.76. The van der Waals surface area contributed by atoms with Crippen molar-refractivity contribution in [2.24, 2.45) is 11.8 Å². The third-order valence-corrected chi connectivity index (χ3v) is 5.21. The quantitative estimate of drug-likeness (QED) is 0.210. The number of ether oxygens (including phenoxy) is 2. The fourth-order valence-electron chi connectivity index (χ4n) is 3.14. The molecule has 31 heavy (non-hydrogen) atoms. The molecule has 10 heteroatoms. The van der Waals surface area contributed by atoms with E-state index < -0.39 is 34.9 Å². The Labute approximate surface area is 190 Å². The van der Waals surface area contributed by atoms with Gasteiger partial charge in [0.25, 0.3) is 0 Å². The normalized spacial score (nSPS) is 18.5. The van der Waals surface area contributed by atoms with E-state index in [1.807, 2.05) is 0 Å².